The topological polar surface area (TPSA) is 20.2 Å². The second-order valence-corrected chi connectivity index (χ2v) is 5.59. The van der Waals surface area contributed by atoms with Gasteiger partial charge in [-0.15, -0.1) is 0 Å². The maximum absolute atomic E-state index is 10.3. The van der Waals surface area contributed by atoms with Gasteiger partial charge in [-0.2, -0.15) is 0 Å². The maximum atomic E-state index is 10.3. The van der Waals surface area contributed by atoms with Crippen molar-refractivity contribution in [1.29, 1.82) is 0 Å². The molecule has 0 saturated heterocycles. The molecule has 0 aliphatic rings. The van der Waals surface area contributed by atoms with Crippen LogP contribution in [0.25, 0.3) is 17.2 Å². The Kier molecular flexibility index (Phi) is 5.39. The predicted octanol–water partition coefficient (Wildman–Crippen LogP) is 5.66. The van der Waals surface area contributed by atoms with Gasteiger partial charge in [0.25, 0.3) is 0 Å². The Morgan fingerprint density at radius 1 is 0.625 bits per heavy atom. The maximum Gasteiger partial charge on any atom is 0.0974 e. The Bertz CT molecular complexity index is 800. The minimum Gasteiger partial charge on any atom is -0.384 e. The monoisotopic (exact) mass is 312 g/mol. The molecule has 0 aromatic heterocycles. The molecule has 0 bridgehead atoms. The predicted molar refractivity (Wildman–Crippen MR) is 101 cm³/mol. The van der Waals surface area contributed by atoms with E-state index in [1.165, 1.54) is 5.56 Å². The Balaban J connectivity index is 1.64. The molecule has 1 N–H and O–H groups in total. The van der Waals surface area contributed by atoms with Crippen LogP contribution in [0.15, 0.2) is 103 Å². The normalized spacial score (nSPS) is 12.7. The van der Waals surface area contributed by atoms with Crippen molar-refractivity contribution in [2.75, 3.05) is 0 Å². The van der Waals surface area contributed by atoms with Crippen molar-refractivity contribution in [3.63, 3.8) is 0 Å². The van der Waals surface area contributed by atoms with Crippen LogP contribution in [0.1, 0.15) is 17.2 Å². The molecule has 0 heterocycles. The zero-order valence-corrected chi connectivity index (χ0v) is 13.4. The number of aliphatic hydroxyl groups is 1. The second kappa shape index (κ2) is 8.09. The molecule has 0 aliphatic carbocycles. The molecule has 1 unspecified atom stereocenters. The fourth-order valence-corrected chi connectivity index (χ4v) is 2.51. The zero-order chi connectivity index (χ0) is 16.6. The van der Waals surface area contributed by atoms with Gasteiger partial charge in [0.1, 0.15) is 0 Å². The Hall–Kier alpha value is -2.90. The lowest BCUT2D eigenvalue weighted by molar-refractivity contribution is 0.228. The van der Waals surface area contributed by atoms with E-state index >= 15 is 0 Å². The molecule has 3 aromatic rings. The fourth-order valence-electron chi connectivity index (χ4n) is 2.51. The van der Waals surface area contributed by atoms with Crippen LogP contribution in [0.4, 0.5) is 0 Å². The summed E-state index contributed by atoms with van der Waals surface area (Å²) in [5.74, 6) is 0. The summed E-state index contributed by atoms with van der Waals surface area (Å²) >= 11 is 0. The molecule has 0 radical (unpaired) electrons. The van der Waals surface area contributed by atoms with E-state index in [9.17, 15) is 5.11 Å². The van der Waals surface area contributed by atoms with Crippen molar-refractivity contribution in [3.8, 4) is 11.1 Å². The molecule has 1 heteroatoms. The summed E-state index contributed by atoms with van der Waals surface area (Å²) in [7, 11) is 0. The van der Waals surface area contributed by atoms with Crippen molar-refractivity contribution < 1.29 is 5.11 Å². The third-order valence-electron chi connectivity index (χ3n) is 3.85. The summed E-state index contributed by atoms with van der Waals surface area (Å²) in [4.78, 5) is 0. The van der Waals surface area contributed by atoms with Gasteiger partial charge in [-0.1, -0.05) is 109 Å². The molecular weight excluding hydrogens is 292 g/mol. The quantitative estimate of drug-likeness (QED) is 0.603. The first-order valence-corrected chi connectivity index (χ1v) is 8.06. The zero-order valence-electron chi connectivity index (χ0n) is 13.4. The molecule has 0 amide bonds. The van der Waals surface area contributed by atoms with E-state index < -0.39 is 6.10 Å². The number of aliphatic hydroxyl groups excluding tert-OH is 1. The smallest absolute Gasteiger partial charge is 0.0974 e. The van der Waals surface area contributed by atoms with Crippen LogP contribution in [-0.2, 0) is 0 Å². The molecule has 1 atom stereocenters. The van der Waals surface area contributed by atoms with Gasteiger partial charge in [0.15, 0.2) is 0 Å². The van der Waals surface area contributed by atoms with E-state index in [0.717, 1.165) is 16.7 Å². The summed E-state index contributed by atoms with van der Waals surface area (Å²) in [6.45, 7) is 0. The van der Waals surface area contributed by atoms with Crippen LogP contribution in [-0.4, -0.2) is 5.11 Å². The molecule has 0 spiro atoms. The third kappa shape index (κ3) is 4.31. The first-order chi connectivity index (χ1) is 11.8. The number of allylic oxidation sites excluding steroid dienone is 2. The van der Waals surface area contributed by atoms with Crippen LogP contribution >= 0.6 is 0 Å². The van der Waals surface area contributed by atoms with Crippen molar-refractivity contribution >= 4 is 6.08 Å². The van der Waals surface area contributed by atoms with Gasteiger partial charge < -0.3 is 5.11 Å². The molecule has 118 valence electrons. The highest BCUT2D eigenvalue weighted by atomic mass is 16.3. The third-order valence-corrected chi connectivity index (χ3v) is 3.85. The van der Waals surface area contributed by atoms with Crippen LogP contribution in [0, 0.1) is 0 Å². The number of rotatable bonds is 5. The van der Waals surface area contributed by atoms with Crippen LogP contribution in [0.2, 0.25) is 0 Å². The minimum atomic E-state index is -0.602. The van der Waals surface area contributed by atoms with Gasteiger partial charge in [0, 0.05) is 0 Å². The highest BCUT2D eigenvalue weighted by molar-refractivity contribution is 5.63. The molecule has 3 aromatic carbocycles. The molecular formula is C23H20O. The molecule has 0 saturated carbocycles. The van der Waals surface area contributed by atoms with Gasteiger partial charge in [-0.05, 0) is 22.3 Å². The van der Waals surface area contributed by atoms with Crippen molar-refractivity contribution in [3.05, 3.63) is 114 Å². The van der Waals surface area contributed by atoms with Crippen LogP contribution < -0.4 is 0 Å². The number of hydrogen-bond donors (Lipinski definition) is 1. The van der Waals surface area contributed by atoms with Crippen LogP contribution in [0.5, 0.6) is 0 Å². The highest BCUT2D eigenvalue weighted by Crippen LogP contribution is 2.22. The Labute approximate surface area is 143 Å². The van der Waals surface area contributed by atoms with Gasteiger partial charge in [0.05, 0.1) is 6.10 Å². The first-order valence-electron chi connectivity index (χ1n) is 8.06. The largest absolute Gasteiger partial charge is 0.384 e. The van der Waals surface area contributed by atoms with Gasteiger partial charge in [-0.3, -0.25) is 0 Å². The molecule has 24 heavy (non-hydrogen) atoms. The number of benzene rings is 3. The molecule has 3 rings (SSSR count). The lowest BCUT2D eigenvalue weighted by Crippen LogP contribution is -1.92. The SMILES string of the molecule is OC(/C=C/C=C/c1ccccc1)c1ccc(-c2ccccc2)cc1. The summed E-state index contributed by atoms with van der Waals surface area (Å²) in [5, 5.41) is 10.3. The first kappa shape index (κ1) is 16.0. The summed E-state index contributed by atoms with van der Waals surface area (Å²) < 4.78 is 0. The van der Waals surface area contributed by atoms with E-state index in [-0.39, 0.29) is 0 Å². The molecule has 0 aliphatic heterocycles. The Morgan fingerprint density at radius 2 is 1.21 bits per heavy atom. The summed E-state index contributed by atoms with van der Waals surface area (Å²) in [6, 6.07) is 28.4. The fraction of sp³-hybridized carbons (Fsp3) is 0.0435. The van der Waals surface area contributed by atoms with E-state index in [1.54, 1.807) is 6.08 Å². The summed E-state index contributed by atoms with van der Waals surface area (Å²) in [6.07, 6.45) is 7.02. The standard InChI is InChI=1S/C23H20O/c24-23(14-8-7-11-19-9-3-1-4-10-19)22-17-15-21(16-18-22)20-12-5-2-6-13-20/h1-18,23-24H/b11-7+,14-8+. The number of hydrogen-bond acceptors (Lipinski definition) is 1. The van der Waals surface area contributed by atoms with E-state index in [1.807, 2.05) is 91.0 Å². The molecule has 0 fully saturated rings. The molecule has 1 nitrogen and oxygen atoms in total. The summed E-state index contributed by atoms with van der Waals surface area (Å²) in [5.41, 5.74) is 4.36. The van der Waals surface area contributed by atoms with Gasteiger partial charge in [0.2, 0.25) is 0 Å². The van der Waals surface area contributed by atoms with Crippen molar-refractivity contribution in [2.24, 2.45) is 0 Å². The second-order valence-electron chi connectivity index (χ2n) is 5.59. The van der Waals surface area contributed by atoms with Gasteiger partial charge in [-0.25, -0.2) is 0 Å². The average molecular weight is 312 g/mol. The van der Waals surface area contributed by atoms with Gasteiger partial charge >= 0.3 is 0 Å². The van der Waals surface area contributed by atoms with E-state index in [4.69, 9.17) is 0 Å². The van der Waals surface area contributed by atoms with Crippen LogP contribution in [0.3, 0.4) is 0 Å². The van der Waals surface area contributed by atoms with Crippen molar-refractivity contribution in [2.45, 2.75) is 6.10 Å². The van der Waals surface area contributed by atoms with E-state index in [0.29, 0.717) is 0 Å². The van der Waals surface area contributed by atoms with E-state index in [2.05, 4.69) is 12.1 Å². The Morgan fingerprint density at radius 3 is 1.88 bits per heavy atom. The minimum absolute atomic E-state index is 0.602. The average Bonchev–Trinajstić information content (AvgIpc) is 2.67. The van der Waals surface area contributed by atoms with Crippen molar-refractivity contribution in [1.82, 2.24) is 0 Å². The lowest BCUT2D eigenvalue weighted by Gasteiger charge is -2.07. The lowest BCUT2D eigenvalue weighted by atomic mass is 10.0. The highest BCUT2D eigenvalue weighted by Gasteiger charge is 2.03.